The van der Waals surface area contributed by atoms with Crippen LogP contribution in [-0.2, 0) is 4.74 Å². The van der Waals surface area contributed by atoms with E-state index in [2.05, 4.69) is 16.9 Å². The summed E-state index contributed by atoms with van der Waals surface area (Å²) in [6.07, 6.45) is 7.01. The van der Waals surface area contributed by atoms with Gasteiger partial charge in [-0.1, -0.05) is 0 Å². The zero-order valence-corrected chi connectivity index (χ0v) is 10.00. The lowest BCUT2D eigenvalue weighted by Crippen LogP contribution is -2.11. The number of hydrogen-bond acceptors (Lipinski definition) is 4. The molecule has 2 aromatic rings. The van der Waals surface area contributed by atoms with Gasteiger partial charge in [0.1, 0.15) is 0 Å². The van der Waals surface area contributed by atoms with Gasteiger partial charge in [0.2, 0.25) is 0 Å². The Morgan fingerprint density at radius 2 is 2.24 bits per heavy atom. The van der Waals surface area contributed by atoms with Crippen LogP contribution in [0.2, 0.25) is 0 Å². The molecule has 17 heavy (non-hydrogen) atoms. The van der Waals surface area contributed by atoms with Gasteiger partial charge in [0.25, 0.3) is 0 Å². The van der Waals surface area contributed by atoms with Crippen molar-refractivity contribution in [2.24, 2.45) is 0 Å². The first-order valence-electron chi connectivity index (χ1n) is 5.44. The van der Waals surface area contributed by atoms with Gasteiger partial charge in [-0.2, -0.15) is 0 Å². The van der Waals surface area contributed by atoms with Crippen molar-refractivity contribution in [3.05, 3.63) is 31.0 Å². The van der Waals surface area contributed by atoms with Crippen LogP contribution >= 0.6 is 0 Å². The van der Waals surface area contributed by atoms with Crippen molar-refractivity contribution < 1.29 is 4.74 Å². The van der Waals surface area contributed by atoms with E-state index in [1.165, 1.54) is 0 Å². The maximum atomic E-state index is 5.94. The molecule has 5 nitrogen and oxygen atoms in total. The van der Waals surface area contributed by atoms with Crippen molar-refractivity contribution in [3.63, 3.8) is 0 Å². The van der Waals surface area contributed by atoms with Crippen molar-refractivity contribution in [1.29, 1.82) is 0 Å². The maximum absolute atomic E-state index is 5.94. The van der Waals surface area contributed by atoms with Gasteiger partial charge in [0.05, 0.1) is 30.9 Å². The topological polar surface area (TPSA) is 66.0 Å². The minimum Gasteiger partial charge on any atom is -0.398 e. The molecule has 2 N–H and O–H groups in total. The third-order valence-electron chi connectivity index (χ3n) is 2.68. The molecule has 0 aliphatic rings. The second-order valence-corrected chi connectivity index (χ2v) is 3.95. The number of nitrogens with zero attached hydrogens (tertiary/aromatic N) is 3. The molecule has 0 bridgehead atoms. The number of ether oxygens (including phenoxy) is 1. The average molecular weight is 232 g/mol. The zero-order chi connectivity index (χ0) is 12.3. The number of nitrogen functional groups attached to an aromatic ring is 1. The van der Waals surface area contributed by atoms with Gasteiger partial charge < -0.3 is 15.0 Å². The molecule has 2 heterocycles. The lowest BCUT2D eigenvalue weighted by atomic mass is 10.1. The van der Waals surface area contributed by atoms with E-state index < -0.39 is 0 Å². The first-order valence-corrected chi connectivity index (χ1v) is 5.44. The number of hydrogen-bond donors (Lipinski definition) is 1. The summed E-state index contributed by atoms with van der Waals surface area (Å²) in [7, 11) is 1.69. The largest absolute Gasteiger partial charge is 0.398 e. The van der Waals surface area contributed by atoms with Gasteiger partial charge in [0, 0.05) is 30.8 Å². The molecule has 0 fully saturated rings. The number of rotatable bonds is 4. The summed E-state index contributed by atoms with van der Waals surface area (Å²) in [6.45, 7) is 2.70. The van der Waals surface area contributed by atoms with Crippen LogP contribution in [0.15, 0.2) is 31.0 Å². The van der Waals surface area contributed by atoms with Gasteiger partial charge in [-0.05, 0) is 13.0 Å². The van der Waals surface area contributed by atoms with E-state index in [1.807, 2.05) is 4.57 Å². The van der Waals surface area contributed by atoms with E-state index in [1.54, 1.807) is 38.1 Å². The molecule has 0 aliphatic heterocycles. The van der Waals surface area contributed by atoms with Crippen LogP contribution in [0.3, 0.4) is 0 Å². The third kappa shape index (κ3) is 2.29. The molecule has 2 rings (SSSR count). The fourth-order valence-electron chi connectivity index (χ4n) is 1.81. The van der Waals surface area contributed by atoms with E-state index in [0.717, 1.165) is 11.3 Å². The van der Waals surface area contributed by atoms with Crippen LogP contribution in [0.1, 0.15) is 13.0 Å². The molecule has 1 unspecified atom stereocenters. The third-order valence-corrected chi connectivity index (χ3v) is 2.68. The number of nitrogens with two attached hydrogens (primary N) is 1. The second kappa shape index (κ2) is 4.97. The Bertz CT molecular complexity index is 495. The van der Waals surface area contributed by atoms with Gasteiger partial charge in [-0.3, -0.25) is 4.98 Å². The second-order valence-electron chi connectivity index (χ2n) is 3.95. The molecule has 0 spiro atoms. The summed E-state index contributed by atoms with van der Waals surface area (Å²) >= 11 is 0. The Labute approximate surface area is 100 Å². The summed E-state index contributed by atoms with van der Waals surface area (Å²) in [5, 5.41) is 0. The maximum Gasteiger partial charge on any atom is 0.0954 e. The highest BCUT2D eigenvalue weighted by Gasteiger charge is 2.12. The van der Waals surface area contributed by atoms with Crippen LogP contribution in [0.25, 0.3) is 11.3 Å². The number of methoxy groups -OCH3 is 1. The molecule has 0 saturated heterocycles. The Hall–Kier alpha value is -1.88. The molecule has 0 radical (unpaired) electrons. The summed E-state index contributed by atoms with van der Waals surface area (Å²) < 4.78 is 7.19. The van der Waals surface area contributed by atoms with Crippen molar-refractivity contribution in [2.75, 3.05) is 19.5 Å². The summed E-state index contributed by atoms with van der Waals surface area (Å²) in [5.74, 6) is 0. The predicted octanol–water partition coefficient (Wildman–Crippen LogP) is 1.73. The standard InChI is InChI=1S/C12H16N4O/c1-9(7-17-2)16-8-15-6-12(16)10-5-14-4-3-11(10)13/h3-6,8-9H,7H2,1-2H3,(H2,13,14). The highest BCUT2D eigenvalue weighted by atomic mass is 16.5. The Morgan fingerprint density at radius 3 is 2.94 bits per heavy atom. The Kier molecular flexibility index (Phi) is 3.39. The molecule has 1 atom stereocenters. The lowest BCUT2D eigenvalue weighted by Gasteiger charge is -2.16. The highest BCUT2D eigenvalue weighted by Crippen LogP contribution is 2.26. The number of anilines is 1. The smallest absolute Gasteiger partial charge is 0.0954 e. The van der Waals surface area contributed by atoms with Gasteiger partial charge >= 0.3 is 0 Å². The first-order chi connectivity index (χ1) is 8.24. The van der Waals surface area contributed by atoms with Crippen LogP contribution in [-0.4, -0.2) is 28.3 Å². The predicted molar refractivity (Wildman–Crippen MR) is 66.5 cm³/mol. The molecule has 0 amide bonds. The van der Waals surface area contributed by atoms with Crippen molar-refractivity contribution >= 4 is 5.69 Å². The fourth-order valence-corrected chi connectivity index (χ4v) is 1.81. The molecule has 0 aromatic carbocycles. The van der Waals surface area contributed by atoms with E-state index in [4.69, 9.17) is 10.5 Å². The zero-order valence-electron chi connectivity index (χ0n) is 10.00. The van der Waals surface area contributed by atoms with Gasteiger partial charge in [0.15, 0.2) is 0 Å². The Balaban J connectivity index is 2.40. The minimum absolute atomic E-state index is 0.206. The van der Waals surface area contributed by atoms with E-state index in [9.17, 15) is 0 Å². The SMILES string of the molecule is COCC(C)n1cncc1-c1cnccc1N. The molecule has 90 valence electrons. The van der Waals surface area contributed by atoms with Gasteiger partial charge in [-0.25, -0.2) is 4.98 Å². The lowest BCUT2D eigenvalue weighted by molar-refractivity contribution is 0.163. The number of aromatic nitrogens is 3. The molecular weight excluding hydrogens is 216 g/mol. The van der Waals surface area contributed by atoms with Crippen LogP contribution < -0.4 is 5.73 Å². The van der Waals surface area contributed by atoms with E-state index >= 15 is 0 Å². The summed E-state index contributed by atoms with van der Waals surface area (Å²) in [4.78, 5) is 8.26. The van der Waals surface area contributed by atoms with Crippen LogP contribution in [0.4, 0.5) is 5.69 Å². The monoisotopic (exact) mass is 232 g/mol. The van der Waals surface area contributed by atoms with Crippen LogP contribution in [0, 0.1) is 0 Å². The average Bonchev–Trinajstić information content (AvgIpc) is 2.79. The molecule has 0 saturated carbocycles. The molecule has 5 heteroatoms. The van der Waals surface area contributed by atoms with E-state index in [-0.39, 0.29) is 6.04 Å². The van der Waals surface area contributed by atoms with Gasteiger partial charge in [-0.15, -0.1) is 0 Å². The van der Waals surface area contributed by atoms with Crippen molar-refractivity contribution in [3.8, 4) is 11.3 Å². The summed E-state index contributed by atoms with van der Waals surface area (Å²) in [6, 6.07) is 1.99. The molecule has 0 aliphatic carbocycles. The Morgan fingerprint density at radius 1 is 1.41 bits per heavy atom. The number of pyridine rings is 1. The normalized spacial score (nSPS) is 12.6. The molecular formula is C12H16N4O. The summed E-state index contributed by atoms with van der Waals surface area (Å²) in [5.41, 5.74) is 8.50. The van der Waals surface area contributed by atoms with Crippen molar-refractivity contribution in [2.45, 2.75) is 13.0 Å². The van der Waals surface area contributed by atoms with E-state index in [0.29, 0.717) is 12.3 Å². The quantitative estimate of drug-likeness (QED) is 0.871. The number of imidazole rings is 1. The minimum atomic E-state index is 0.206. The first kappa shape index (κ1) is 11.6. The highest BCUT2D eigenvalue weighted by molar-refractivity contribution is 5.72. The van der Waals surface area contributed by atoms with Crippen LogP contribution in [0.5, 0.6) is 0 Å². The fraction of sp³-hybridized carbons (Fsp3) is 0.333. The molecule has 2 aromatic heterocycles. The van der Waals surface area contributed by atoms with Crippen molar-refractivity contribution in [1.82, 2.24) is 14.5 Å².